The highest BCUT2D eigenvalue weighted by Crippen LogP contribution is 2.33. The molecular weight excluding hydrogens is 200 g/mol. The van der Waals surface area contributed by atoms with Crippen molar-refractivity contribution in [3.8, 4) is 11.5 Å². The maximum absolute atomic E-state index is 10.7. The Morgan fingerprint density at radius 2 is 2.27 bits per heavy atom. The third kappa shape index (κ3) is 2.35. The summed E-state index contributed by atoms with van der Waals surface area (Å²) in [4.78, 5) is 10.2. The molecule has 1 aromatic carbocycles. The molecule has 0 aromatic heterocycles. The van der Waals surface area contributed by atoms with Crippen molar-refractivity contribution >= 4 is 5.69 Å². The van der Waals surface area contributed by atoms with Gasteiger partial charge in [-0.2, -0.15) is 0 Å². The highest BCUT2D eigenvalue weighted by Gasteiger charge is 2.17. The van der Waals surface area contributed by atoms with Gasteiger partial charge in [-0.3, -0.25) is 10.1 Å². The molecule has 1 rings (SSSR count). The fourth-order valence-electron chi connectivity index (χ4n) is 1.29. The maximum Gasteiger partial charge on any atom is 0.276 e. The molecule has 6 nitrogen and oxygen atoms in total. The Morgan fingerprint density at radius 1 is 1.60 bits per heavy atom. The highest BCUT2D eigenvalue weighted by atomic mass is 16.6. The van der Waals surface area contributed by atoms with Gasteiger partial charge in [-0.05, 0) is 19.0 Å². The molecule has 0 atom stereocenters. The third-order valence-electron chi connectivity index (χ3n) is 1.99. The van der Waals surface area contributed by atoms with Crippen LogP contribution in [0.25, 0.3) is 0 Å². The Kier molecular flexibility index (Phi) is 3.46. The first kappa shape index (κ1) is 11.3. The molecule has 0 amide bonds. The van der Waals surface area contributed by atoms with E-state index in [0.717, 1.165) is 0 Å². The summed E-state index contributed by atoms with van der Waals surface area (Å²) in [6, 6.07) is 2.50. The van der Waals surface area contributed by atoms with Crippen LogP contribution in [0.4, 0.5) is 5.69 Å². The van der Waals surface area contributed by atoms with Gasteiger partial charge in [-0.15, -0.1) is 0 Å². The Bertz CT molecular complexity index is 379. The van der Waals surface area contributed by atoms with Gasteiger partial charge in [0.2, 0.25) is 0 Å². The van der Waals surface area contributed by atoms with Crippen molar-refractivity contribution in [1.29, 1.82) is 0 Å². The number of nitrogens with two attached hydrogens (primary N) is 1. The van der Waals surface area contributed by atoms with Gasteiger partial charge in [0.15, 0.2) is 11.5 Å². The molecule has 0 saturated heterocycles. The normalized spacial score (nSPS) is 10.0. The first-order valence-electron chi connectivity index (χ1n) is 4.34. The molecule has 15 heavy (non-hydrogen) atoms. The van der Waals surface area contributed by atoms with E-state index in [1.54, 1.807) is 0 Å². The van der Waals surface area contributed by atoms with E-state index < -0.39 is 4.92 Å². The smallest absolute Gasteiger partial charge is 0.276 e. The van der Waals surface area contributed by atoms with Crippen LogP contribution in [0.5, 0.6) is 11.5 Å². The Morgan fingerprint density at radius 3 is 2.73 bits per heavy atom. The lowest BCUT2D eigenvalue weighted by molar-refractivity contribution is -0.385. The van der Waals surface area contributed by atoms with E-state index in [0.29, 0.717) is 12.0 Å². The van der Waals surface area contributed by atoms with Crippen LogP contribution < -0.4 is 10.5 Å². The van der Waals surface area contributed by atoms with E-state index in [-0.39, 0.29) is 23.7 Å². The molecule has 0 saturated carbocycles. The summed E-state index contributed by atoms with van der Waals surface area (Å²) < 4.78 is 4.78. The van der Waals surface area contributed by atoms with Crippen molar-refractivity contribution in [1.82, 2.24) is 0 Å². The van der Waals surface area contributed by atoms with Crippen LogP contribution in [-0.2, 0) is 6.42 Å². The van der Waals surface area contributed by atoms with Crippen molar-refractivity contribution in [3.05, 3.63) is 27.8 Å². The topological polar surface area (TPSA) is 98.6 Å². The summed E-state index contributed by atoms with van der Waals surface area (Å²) in [7, 11) is 1.33. The van der Waals surface area contributed by atoms with Crippen LogP contribution >= 0.6 is 0 Å². The lowest BCUT2D eigenvalue weighted by Crippen LogP contribution is -2.05. The minimum absolute atomic E-state index is 0.0856. The summed E-state index contributed by atoms with van der Waals surface area (Å²) in [5.74, 6) is -0.0333. The lowest BCUT2D eigenvalue weighted by atomic mass is 10.1. The fraction of sp³-hybridized carbons (Fsp3) is 0.333. The zero-order valence-corrected chi connectivity index (χ0v) is 8.27. The van der Waals surface area contributed by atoms with E-state index in [1.165, 1.54) is 19.2 Å². The molecule has 6 heteroatoms. The summed E-state index contributed by atoms with van der Waals surface area (Å²) in [6.45, 7) is 0.284. The summed E-state index contributed by atoms with van der Waals surface area (Å²) in [6.07, 6.45) is 0.341. The molecule has 0 bridgehead atoms. The second-order valence-corrected chi connectivity index (χ2v) is 2.95. The number of methoxy groups -OCH3 is 1. The largest absolute Gasteiger partial charge is 0.504 e. The number of benzene rings is 1. The molecule has 1 aromatic rings. The molecule has 0 aliphatic carbocycles. The number of nitrogens with zero attached hydrogens (tertiary/aromatic N) is 1. The Hall–Kier alpha value is -1.82. The van der Waals surface area contributed by atoms with Crippen molar-refractivity contribution in [3.63, 3.8) is 0 Å². The predicted molar refractivity (Wildman–Crippen MR) is 54.1 cm³/mol. The number of phenols is 1. The summed E-state index contributed by atoms with van der Waals surface area (Å²) in [5, 5.41) is 20.1. The zero-order valence-electron chi connectivity index (χ0n) is 8.27. The van der Waals surface area contributed by atoms with Crippen LogP contribution in [0, 0.1) is 10.1 Å². The third-order valence-corrected chi connectivity index (χ3v) is 1.99. The monoisotopic (exact) mass is 212 g/mol. The van der Waals surface area contributed by atoms with Crippen LogP contribution in [0.2, 0.25) is 0 Å². The molecular formula is C9H12N2O4. The minimum Gasteiger partial charge on any atom is -0.504 e. The van der Waals surface area contributed by atoms with Gasteiger partial charge in [0.1, 0.15) is 0 Å². The quantitative estimate of drug-likeness (QED) is 0.568. The van der Waals surface area contributed by atoms with Gasteiger partial charge in [0.25, 0.3) is 5.69 Å². The van der Waals surface area contributed by atoms with Crippen molar-refractivity contribution in [2.75, 3.05) is 13.7 Å². The predicted octanol–water partition coefficient (Wildman–Crippen LogP) is 0.810. The Labute approximate surface area is 86.4 Å². The molecule has 0 unspecified atom stereocenters. The van der Waals surface area contributed by atoms with Crippen molar-refractivity contribution in [2.45, 2.75) is 6.42 Å². The number of phenolic OH excluding ortho intramolecular Hbond substituents is 1. The maximum atomic E-state index is 10.7. The van der Waals surface area contributed by atoms with Gasteiger partial charge < -0.3 is 15.6 Å². The number of nitro benzene ring substituents is 1. The van der Waals surface area contributed by atoms with Crippen LogP contribution in [0.15, 0.2) is 12.1 Å². The number of nitro groups is 1. The van der Waals surface area contributed by atoms with E-state index in [2.05, 4.69) is 0 Å². The zero-order chi connectivity index (χ0) is 11.4. The molecule has 0 fully saturated rings. The van der Waals surface area contributed by atoms with Gasteiger partial charge in [-0.25, -0.2) is 0 Å². The molecule has 0 spiro atoms. The number of ether oxygens (including phenoxy) is 1. The summed E-state index contributed by atoms with van der Waals surface area (Å²) in [5.41, 5.74) is 5.63. The first-order valence-corrected chi connectivity index (χ1v) is 4.34. The SMILES string of the molecule is COc1cc([N+](=O)[O-])c(CCN)cc1O. The van der Waals surface area contributed by atoms with E-state index in [1.807, 2.05) is 0 Å². The van der Waals surface area contributed by atoms with Crippen LogP contribution in [0.3, 0.4) is 0 Å². The van der Waals surface area contributed by atoms with Crippen molar-refractivity contribution < 1.29 is 14.8 Å². The summed E-state index contributed by atoms with van der Waals surface area (Å²) >= 11 is 0. The number of aromatic hydroxyl groups is 1. The molecule has 82 valence electrons. The van der Waals surface area contributed by atoms with E-state index in [9.17, 15) is 15.2 Å². The molecule has 0 aliphatic heterocycles. The van der Waals surface area contributed by atoms with Gasteiger partial charge in [0.05, 0.1) is 18.1 Å². The minimum atomic E-state index is -0.521. The number of rotatable bonds is 4. The van der Waals surface area contributed by atoms with E-state index in [4.69, 9.17) is 10.5 Å². The van der Waals surface area contributed by atoms with Crippen molar-refractivity contribution in [2.24, 2.45) is 5.73 Å². The van der Waals surface area contributed by atoms with Gasteiger partial charge in [-0.1, -0.05) is 0 Å². The van der Waals surface area contributed by atoms with Gasteiger partial charge >= 0.3 is 0 Å². The molecule has 0 heterocycles. The average molecular weight is 212 g/mol. The lowest BCUT2D eigenvalue weighted by Gasteiger charge is -2.06. The number of hydrogen-bond donors (Lipinski definition) is 2. The number of hydrogen-bond acceptors (Lipinski definition) is 5. The van der Waals surface area contributed by atoms with Gasteiger partial charge in [0, 0.05) is 5.56 Å². The molecule has 3 N–H and O–H groups in total. The Balaban J connectivity index is 3.25. The second kappa shape index (κ2) is 4.61. The molecule has 0 aliphatic rings. The van der Waals surface area contributed by atoms with Crippen LogP contribution in [0.1, 0.15) is 5.56 Å². The first-order chi connectivity index (χ1) is 7.10. The highest BCUT2D eigenvalue weighted by molar-refractivity contribution is 5.53. The van der Waals surface area contributed by atoms with Crippen LogP contribution in [-0.4, -0.2) is 23.7 Å². The second-order valence-electron chi connectivity index (χ2n) is 2.95. The standard InChI is InChI=1S/C9H12N2O4/c1-15-9-5-7(11(13)14)6(2-3-10)4-8(9)12/h4-5,12H,2-3,10H2,1H3. The van der Waals surface area contributed by atoms with E-state index >= 15 is 0 Å². The molecule has 0 radical (unpaired) electrons. The average Bonchev–Trinajstić information content (AvgIpc) is 2.18. The fourth-order valence-corrected chi connectivity index (χ4v) is 1.29.